The predicted octanol–water partition coefficient (Wildman–Crippen LogP) is -3.03. The molecular formula is C8H23N8O7P. The molecule has 0 amide bonds. The van der Waals surface area contributed by atoms with Gasteiger partial charge >= 0.3 is 0 Å². The summed E-state index contributed by atoms with van der Waals surface area (Å²) in [5.74, 6) is 0.0291. The van der Waals surface area contributed by atoms with Crippen LogP contribution in [0, 0.1) is 0 Å². The number of hydrogen-bond acceptors (Lipinski definition) is 10. The normalized spacial score (nSPS) is 9.83. The van der Waals surface area contributed by atoms with Gasteiger partial charge in [-0.05, 0) is 0 Å². The summed E-state index contributed by atoms with van der Waals surface area (Å²) < 4.78 is 15.2. The summed E-state index contributed by atoms with van der Waals surface area (Å²) in [6.07, 6.45) is 1.43. The lowest BCUT2D eigenvalue weighted by Crippen LogP contribution is -2.24. The molecule has 2 aromatic heterocycles. The van der Waals surface area contributed by atoms with Crippen LogP contribution in [0.15, 0.2) is 11.1 Å². The van der Waals surface area contributed by atoms with Gasteiger partial charge in [0.25, 0.3) is 5.56 Å². The van der Waals surface area contributed by atoms with Gasteiger partial charge in [0.05, 0.1) is 19.5 Å². The lowest BCUT2D eigenvalue weighted by atomic mass is 10.5. The first-order chi connectivity index (χ1) is 9.72. The van der Waals surface area contributed by atoms with Crippen molar-refractivity contribution < 1.29 is 29.1 Å². The van der Waals surface area contributed by atoms with Crippen molar-refractivity contribution in [3.63, 3.8) is 0 Å². The van der Waals surface area contributed by atoms with E-state index in [-0.39, 0.29) is 55.4 Å². The first kappa shape index (κ1) is 26.9. The van der Waals surface area contributed by atoms with E-state index in [2.05, 4.69) is 15.0 Å². The summed E-state index contributed by atoms with van der Waals surface area (Å²) >= 11 is 0. The number of nitrogens with zero attached hydrogens (tertiary/aromatic N) is 3. The fraction of sp³-hybridized carbons (Fsp3) is 0.375. The number of phosphoric acid groups is 1. The number of hydrogen-bond donors (Lipinski definition) is 6. The molecule has 0 radical (unpaired) electrons. The molecule has 16 N–H and O–H groups in total. The van der Waals surface area contributed by atoms with Gasteiger partial charge in [0.1, 0.15) is 6.73 Å². The number of aromatic nitrogens is 4. The Bertz CT molecular complexity index is 689. The summed E-state index contributed by atoms with van der Waals surface area (Å²) in [4.78, 5) is 47.3. The fourth-order valence-electron chi connectivity index (χ4n) is 1.29. The van der Waals surface area contributed by atoms with Crippen LogP contribution >= 0.6 is 7.82 Å². The van der Waals surface area contributed by atoms with Crippen molar-refractivity contribution in [2.75, 3.05) is 18.9 Å². The van der Waals surface area contributed by atoms with Crippen LogP contribution < -0.4 is 44.4 Å². The predicted molar refractivity (Wildman–Crippen MR) is 81.2 cm³/mol. The monoisotopic (exact) mass is 374 g/mol. The highest BCUT2D eigenvalue weighted by Gasteiger charge is 2.08. The summed E-state index contributed by atoms with van der Waals surface area (Å²) in [7, 11) is -5.39. The quantitative estimate of drug-likeness (QED) is 0.232. The van der Waals surface area contributed by atoms with E-state index in [9.17, 15) is 4.79 Å². The summed E-state index contributed by atoms with van der Waals surface area (Å²) in [6, 6.07) is 0. The minimum absolute atomic E-state index is 0. The lowest BCUT2D eigenvalue weighted by molar-refractivity contribution is -0.432. The standard InChI is InChI=1S/C8H11N5O3.3H3N.H3O4P/c9-8-11-6-5(7(15)12-8)10-3-13(6)4-16-2-1-14;;;;1-5(2,3)4/h3,14H,1-2,4H2,(H3,9,11,12,15);3*1H3;(H3,1,2,3,4). The molecule has 15 nitrogen and oxygen atoms in total. The van der Waals surface area contributed by atoms with Crippen LogP contribution in [0.25, 0.3) is 11.2 Å². The van der Waals surface area contributed by atoms with Crippen molar-refractivity contribution >= 4 is 24.9 Å². The number of nitrogens with one attached hydrogen (secondary N) is 1. The molecule has 0 saturated heterocycles. The zero-order valence-electron chi connectivity index (χ0n) is 13.5. The molecule has 0 unspecified atom stereocenters. The van der Waals surface area contributed by atoms with Gasteiger partial charge in [-0.1, -0.05) is 0 Å². The first-order valence-electron chi connectivity index (χ1n) is 5.34. The molecule has 0 aliphatic rings. The molecule has 0 fully saturated rings. The van der Waals surface area contributed by atoms with Crippen molar-refractivity contribution in [1.29, 1.82) is 0 Å². The molecule has 0 aromatic carbocycles. The van der Waals surface area contributed by atoms with Crippen LogP contribution in [0.1, 0.15) is 0 Å². The zero-order valence-corrected chi connectivity index (χ0v) is 14.4. The molecule has 16 heteroatoms. The number of quaternary nitrogens is 3. The van der Waals surface area contributed by atoms with Gasteiger partial charge < -0.3 is 53.3 Å². The molecule has 2 aromatic rings. The third-order valence-corrected chi connectivity index (χ3v) is 1.96. The Hall–Kier alpha value is -1.94. The van der Waals surface area contributed by atoms with E-state index in [1.54, 1.807) is 0 Å². The van der Waals surface area contributed by atoms with Crippen molar-refractivity contribution in [2.24, 2.45) is 0 Å². The average Bonchev–Trinajstić information content (AvgIpc) is 2.71. The van der Waals surface area contributed by atoms with Gasteiger partial charge in [-0.25, -0.2) is 4.98 Å². The minimum atomic E-state index is -5.39. The van der Waals surface area contributed by atoms with Gasteiger partial charge in [-0.15, -0.1) is 0 Å². The number of imidazole rings is 1. The van der Waals surface area contributed by atoms with Crippen LogP contribution in [-0.4, -0.2) is 37.8 Å². The number of nitrogens with two attached hydrogens (primary N) is 1. The van der Waals surface area contributed by atoms with Crippen LogP contribution in [0.2, 0.25) is 0 Å². The number of rotatable bonds is 4. The number of aliphatic hydroxyl groups excluding tert-OH is 1. The molecule has 0 bridgehead atoms. The van der Waals surface area contributed by atoms with E-state index >= 15 is 0 Å². The Morgan fingerprint density at radius 3 is 2.38 bits per heavy atom. The van der Waals surface area contributed by atoms with E-state index in [4.69, 9.17) is 34.8 Å². The van der Waals surface area contributed by atoms with E-state index in [1.807, 2.05) is 0 Å². The molecule has 2 heterocycles. The van der Waals surface area contributed by atoms with Crippen LogP contribution in [0.3, 0.4) is 0 Å². The third-order valence-electron chi connectivity index (χ3n) is 1.96. The second-order valence-corrected chi connectivity index (χ2v) is 4.44. The SMILES string of the molecule is Nc1nc2c(ncn2COCCO)c(=O)[nH]1.O=P([O-])([O-])[O-].[NH4+].[NH4+].[NH4+]. The van der Waals surface area contributed by atoms with Gasteiger partial charge in [0, 0.05) is 0 Å². The largest absolute Gasteiger partial charge is 0.822 e. The van der Waals surface area contributed by atoms with Crippen molar-refractivity contribution in [1.82, 2.24) is 38.0 Å². The maximum Gasteiger partial charge on any atom is 0.280 e. The Kier molecular flexibility index (Phi) is 13.0. The summed E-state index contributed by atoms with van der Waals surface area (Å²) in [6.45, 7) is 0.300. The number of aliphatic hydroxyl groups is 1. The maximum atomic E-state index is 11.4. The van der Waals surface area contributed by atoms with Gasteiger partial charge in [-0.2, -0.15) is 12.8 Å². The lowest BCUT2D eigenvalue weighted by Gasteiger charge is -2.36. The maximum absolute atomic E-state index is 11.4. The molecule has 142 valence electrons. The third kappa shape index (κ3) is 9.26. The number of aromatic amines is 1. The molecule has 0 atom stereocenters. The smallest absolute Gasteiger partial charge is 0.280 e. The average molecular weight is 374 g/mol. The second-order valence-electron chi connectivity index (χ2n) is 3.55. The molecule has 0 aliphatic carbocycles. The Labute approximate surface area is 135 Å². The van der Waals surface area contributed by atoms with E-state index in [0.29, 0.717) is 5.65 Å². The van der Waals surface area contributed by atoms with Gasteiger partial charge in [-0.3, -0.25) is 14.3 Å². The molecule has 0 spiro atoms. The number of fused-ring (bicyclic) bond motifs is 1. The van der Waals surface area contributed by atoms with Crippen molar-refractivity contribution in [3.8, 4) is 0 Å². The van der Waals surface area contributed by atoms with Crippen LogP contribution in [-0.2, 0) is 16.0 Å². The molecular weight excluding hydrogens is 351 g/mol. The summed E-state index contributed by atoms with van der Waals surface area (Å²) in [5.41, 5.74) is 5.60. The highest BCUT2D eigenvalue weighted by molar-refractivity contribution is 7.40. The summed E-state index contributed by atoms with van der Waals surface area (Å²) in [5, 5.41) is 8.56. The molecule has 0 saturated carbocycles. The Balaban J connectivity index is -0.000000490. The first-order valence-corrected chi connectivity index (χ1v) is 6.80. The van der Waals surface area contributed by atoms with Crippen LogP contribution in [0.4, 0.5) is 5.95 Å². The molecule has 0 aliphatic heterocycles. The zero-order chi connectivity index (χ0) is 16.0. The topological polar surface area (TPSA) is 315 Å². The minimum Gasteiger partial charge on any atom is -0.822 e. The number of ether oxygens (including phenoxy) is 1. The van der Waals surface area contributed by atoms with E-state index < -0.39 is 7.82 Å². The Morgan fingerprint density at radius 2 is 1.88 bits per heavy atom. The van der Waals surface area contributed by atoms with E-state index in [1.165, 1.54) is 10.9 Å². The van der Waals surface area contributed by atoms with Crippen LogP contribution in [0.5, 0.6) is 0 Å². The number of H-pyrrole nitrogens is 1. The number of anilines is 1. The van der Waals surface area contributed by atoms with Gasteiger partial charge in [0.15, 0.2) is 11.2 Å². The van der Waals surface area contributed by atoms with Crippen molar-refractivity contribution in [2.45, 2.75) is 6.73 Å². The fourth-order valence-corrected chi connectivity index (χ4v) is 1.29. The highest BCUT2D eigenvalue weighted by Crippen LogP contribution is 2.06. The molecule has 2 rings (SSSR count). The Morgan fingerprint density at radius 1 is 1.33 bits per heavy atom. The van der Waals surface area contributed by atoms with Crippen molar-refractivity contribution in [3.05, 3.63) is 16.7 Å². The second kappa shape index (κ2) is 11.6. The number of nitrogen functional groups attached to an aromatic ring is 1. The van der Waals surface area contributed by atoms with Gasteiger partial charge in [0.2, 0.25) is 5.95 Å². The van der Waals surface area contributed by atoms with E-state index in [0.717, 1.165) is 0 Å². The highest BCUT2D eigenvalue weighted by atomic mass is 31.2. The molecule has 24 heavy (non-hydrogen) atoms.